The molecule has 23 heavy (non-hydrogen) atoms. The van der Waals surface area contributed by atoms with Gasteiger partial charge in [-0.25, -0.2) is 0 Å². The lowest BCUT2D eigenvalue weighted by atomic mass is 9.98. The van der Waals surface area contributed by atoms with Crippen molar-refractivity contribution in [1.82, 2.24) is 9.80 Å². The molecular formula is C19H30N2O2. The Hall–Kier alpha value is -1.39. The predicted octanol–water partition coefficient (Wildman–Crippen LogP) is 2.87. The van der Waals surface area contributed by atoms with E-state index in [2.05, 4.69) is 32.0 Å². The fourth-order valence-electron chi connectivity index (χ4n) is 3.29. The number of aryl methyl sites for hydroxylation is 1. The van der Waals surface area contributed by atoms with Gasteiger partial charge in [-0.05, 0) is 52.3 Å². The molecule has 1 heterocycles. The van der Waals surface area contributed by atoms with E-state index in [0.717, 1.165) is 44.7 Å². The quantitative estimate of drug-likeness (QED) is 0.808. The average Bonchev–Trinajstić information content (AvgIpc) is 2.53. The molecule has 0 N–H and O–H groups in total. The fourth-order valence-corrected chi connectivity index (χ4v) is 3.29. The summed E-state index contributed by atoms with van der Waals surface area (Å²) in [6, 6.07) is 8.06. The van der Waals surface area contributed by atoms with Crippen molar-refractivity contribution in [2.24, 2.45) is 5.92 Å². The highest BCUT2D eigenvalue weighted by Gasteiger charge is 2.29. The summed E-state index contributed by atoms with van der Waals surface area (Å²) in [5, 5.41) is 0. The van der Waals surface area contributed by atoms with Crippen molar-refractivity contribution in [2.75, 3.05) is 40.4 Å². The van der Waals surface area contributed by atoms with E-state index in [1.54, 1.807) is 0 Å². The Morgan fingerprint density at radius 2 is 2.00 bits per heavy atom. The van der Waals surface area contributed by atoms with Crippen LogP contribution in [0.4, 0.5) is 0 Å². The molecule has 4 nitrogen and oxygen atoms in total. The minimum absolute atomic E-state index is 0.203. The molecule has 0 bridgehead atoms. The summed E-state index contributed by atoms with van der Waals surface area (Å²) < 4.78 is 5.43. The van der Waals surface area contributed by atoms with E-state index in [9.17, 15) is 4.79 Å². The zero-order chi connectivity index (χ0) is 16.8. The Morgan fingerprint density at radius 1 is 1.30 bits per heavy atom. The largest absolute Gasteiger partial charge is 0.381 e. The second-order valence-electron chi connectivity index (χ2n) is 6.71. The molecule has 0 radical (unpaired) electrons. The molecule has 0 aromatic heterocycles. The van der Waals surface area contributed by atoms with Gasteiger partial charge in [0.25, 0.3) is 0 Å². The summed E-state index contributed by atoms with van der Waals surface area (Å²) in [5.41, 5.74) is 2.26. The molecule has 0 unspecified atom stereocenters. The summed E-state index contributed by atoms with van der Waals surface area (Å²) in [7, 11) is 3.96. The van der Waals surface area contributed by atoms with Gasteiger partial charge in [0, 0.05) is 26.3 Å². The van der Waals surface area contributed by atoms with E-state index in [-0.39, 0.29) is 11.9 Å². The van der Waals surface area contributed by atoms with Gasteiger partial charge in [-0.2, -0.15) is 0 Å². The highest BCUT2D eigenvalue weighted by atomic mass is 16.5. The summed E-state index contributed by atoms with van der Waals surface area (Å²) in [5.74, 6) is 0.766. The van der Waals surface area contributed by atoms with Gasteiger partial charge < -0.3 is 9.64 Å². The first-order valence-electron chi connectivity index (χ1n) is 8.62. The molecular weight excluding hydrogens is 288 g/mol. The van der Waals surface area contributed by atoms with E-state index in [1.165, 1.54) is 5.56 Å². The molecule has 0 aliphatic carbocycles. The number of ether oxygens (including phenoxy) is 1. The number of likely N-dealkylation sites (N-methyl/N-ethyl adjacent to an activating group) is 2. The molecule has 1 aromatic rings. The Labute approximate surface area is 140 Å². The van der Waals surface area contributed by atoms with Crippen molar-refractivity contribution in [3.05, 3.63) is 35.4 Å². The Bertz CT molecular complexity index is 510. The molecule has 0 saturated carbocycles. The first-order valence-corrected chi connectivity index (χ1v) is 8.62. The SMILES string of the molecule is CCN(CC1CCOCC1)C(=O)[C@@H](c1cccc(C)c1)N(C)C. The maximum Gasteiger partial charge on any atom is 0.244 e. The minimum atomic E-state index is -0.213. The van der Waals surface area contributed by atoms with Crippen molar-refractivity contribution < 1.29 is 9.53 Å². The molecule has 1 atom stereocenters. The maximum atomic E-state index is 13.2. The summed E-state index contributed by atoms with van der Waals surface area (Å²) >= 11 is 0. The van der Waals surface area contributed by atoms with Crippen LogP contribution in [0.3, 0.4) is 0 Å². The number of amides is 1. The van der Waals surface area contributed by atoms with Crippen molar-refractivity contribution in [3.63, 3.8) is 0 Å². The standard InChI is InChI=1S/C19H30N2O2/c1-5-21(14-16-9-11-23-12-10-16)19(22)18(20(3)4)17-8-6-7-15(2)13-17/h6-8,13,16,18H,5,9-12,14H2,1-4H3/t18-/m1/s1. The number of hydrogen-bond donors (Lipinski definition) is 0. The highest BCUT2D eigenvalue weighted by Crippen LogP contribution is 2.24. The van der Waals surface area contributed by atoms with Gasteiger partial charge in [-0.15, -0.1) is 0 Å². The summed E-state index contributed by atoms with van der Waals surface area (Å²) in [6.45, 7) is 7.39. The number of nitrogens with zero attached hydrogens (tertiary/aromatic N) is 2. The summed E-state index contributed by atoms with van der Waals surface area (Å²) in [4.78, 5) is 17.2. The second-order valence-corrected chi connectivity index (χ2v) is 6.71. The fraction of sp³-hybridized carbons (Fsp3) is 0.632. The van der Waals surface area contributed by atoms with Gasteiger partial charge in [0.1, 0.15) is 6.04 Å². The van der Waals surface area contributed by atoms with Crippen molar-refractivity contribution in [3.8, 4) is 0 Å². The van der Waals surface area contributed by atoms with E-state index in [1.807, 2.05) is 30.0 Å². The Morgan fingerprint density at radius 3 is 2.57 bits per heavy atom. The molecule has 1 saturated heterocycles. The number of carbonyl (C=O) groups is 1. The molecule has 1 amide bonds. The lowest BCUT2D eigenvalue weighted by Gasteiger charge is -2.34. The lowest BCUT2D eigenvalue weighted by molar-refractivity contribution is -0.137. The van der Waals surface area contributed by atoms with Crippen LogP contribution in [-0.2, 0) is 9.53 Å². The maximum absolute atomic E-state index is 13.2. The van der Waals surface area contributed by atoms with Crippen LogP contribution in [0.25, 0.3) is 0 Å². The minimum Gasteiger partial charge on any atom is -0.381 e. The Balaban J connectivity index is 2.14. The van der Waals surface area contributed by atoms with Gasteiger partial charge in [0.2, 0.25) is 5.91 Å². The first kappa shape index (κ1) is 18.0. The molecule has 1 fully saturated rings. The van der Waals surface area contributed by atoms with Gasteiger partial charge in [0.05, 0.1) is 0 Å². The van der Waals surface area contributed by atoms with E-state index < -0.39 is 0 Å². The molecule has 1 aromatic carbocycles. The van der Waals surface area contributed by atoms with Crippen LogP contribution in [0.5, 0.6) is 0 Å². The summed E-state index contributed by atoms with van der Waals surface area (Å²) in [6.07, 6.45) is 2.11. The van der Waals surface area contributed by atoms with E-state index in [0.29, 0.717) is 5.92 Å². The number of carbonyl (C=O) groups excluding carboxylic acids is 1. The molecule has 2 rings (SSSR count). The van der Waals surface area contributed by atoms with Crippen LogP contribution in [0.15, 0.2) is 24.3 Å². The van der Waals surface area contributed by atoms with Gasteiger partial charge in [-0.3, -0.25) is 9.69 Å². The zero-order valence-electron chi connectivity index (χ0n) is 14.9. The lowest BCUT2D eigenvalue weighted by Crippen LogP contribution is -2.43. The molecule has 1 aliphatic heterocycles. The molecule has 128 valence electrons. The van der Waals surface area contributed by atoms with Crippen molar-refractivity contribution in [1.29, 1.82) is 0 Å². The van der Waals surface area contributed by atoms with Gasteiger partial charge in [0.15, 0.2) is 0 Å². The third-order valence-electron chi connectivity index (χ3n) is 4.62. The van der Waals surface area contributed by atoms with Gasteiger partial charge >= 0.3 is 0 Å². The van der Waals surface area contributed by atoms with Crippen LogP contribution in [0, 0.1) is 12.8 Å². The monoisotopic (exact) mass is 318 g/mol. The zero-order valence-corrected chi connectivity index (χ0v) is 14.9. The molecule has 1 aliphatic rings. The van der Waals surface area contributed by atoms with Crippen LogP contribution < -0.4 is 0 Å². The normalized spacial score (nSPS) is 17.3. The van der Waals surface area contributed by atoms with Gasteiger partial charge in [-0.1, -0.05) is 29.8 Å². The molecule has 0 spiro atoms. The smallest absolute Gasteiger partial charge is 0.244 e. The topological polar surface area (TPSA) is 32.8 Å². The number of benzene rings is 1. The Kier molecular flexibility index (Phi) is 6.60. The second kappa shape index (κ2) is 8.46. The van der Waals surface area contributed by atoms with E-state index >= 15 is 0 Å². The number of rotatable bonds is 6. The van der Waals surface area contributed by atoms with E-state index in [4.69, 9.17) is 4.74 Å². The average molecular weight is 318 g/mol. The van der Waals surface area contributed by atoms with Crippen molar-refractivity contribution in [2.45, 2.75) is 32.7 Å². The third kappa shape index (κ3) is 4.79. The predicted molar refractivity (Wildman–Crippen MR) is 93.4 cm³/mol. The van der Waals surface area contributed by atoms with Crippen LogP contribution in [0.2, 0.25) is 0 Å². The first-order chi connectivity index (χ1) is 11.0. The van der Waals surface area contributed by atoms with Crippen molar-refractivity contribution >= 4 is 5.91 Å². The van der Waals surface area contributed by atoms with Crippen LogP contribution in [-0.4, -0.2) is 56.1 Å². The third-order valence-corrected chi connectivity index (χ3v) is 4.62. The highest BCUT2D eigenvalue weighted by molar-refractivity contribution is 5.83. The van der Waals surface area contributed by atoms with Crippen LogP contribution in [0.1, 0.15) is 36.9 Å². The van der Waals surface area contributed by atoms with Crippen LogP contribution >= 0.6 is 0 Å². The number of hydrogen-bond acceptors (Lipinski definition) is 3. The molecule has 4 heteroatoms.